The number of likely N-dealkylation sites (N-methyl/N-ethyl adjacent to an activating group) is 1. The van der Waals surface area contributed by atoms with Gasteiger partial charge in [0.15, 0.2) is 11.4 Å². The predicted octanol–water partition coefficient (Wildman–Crippen LogP) is 4.65. The van der Waals surface area contributed by atoms with Gasteiger partial charge in [0, 0.05) is 37.4 Å². The third-order valence-corrected chi connectivity index (χ3v) is 7.73. The summed E-state index contributed by atoms with van der Waals surface area (Å²) in [6.45, 7) is 3.05. The third kappa shape index (κ3) is 5.67. The zero-order chi connectivity index (χ0) is 28.3. The summed E-state index contributed by atoms with van der Waals surface area (Å²) in [6, 6.07) is 20.4. The van der Waals surface area contributed by atoms with Crippen LogP contribution in [0.5, 0.6) is 17.2 Å². The average Bonchev–Trinajstić information content (AvgIpc) is 3.47. The molecule has 0 spiro atoms. The number of amides is 1. The molecule has 3 aromatic carbocycles. The maximum Gasteiger partial charge on any atom is 0.299 e. The fraction of sp³-hybridized carbons (Fsp3) is 0.281. The SMILES string of the molecule is COc1ccc(-n2ncc(Oc3ccc4c(c3)CCC4)c(Nc3cccc(C(=O)N4CCN(C)CC4)c3)c2=O)cc1. The first kappa shape index (κ1) is 26.6. The van der Waals surface area contributed by atoms with Gasteiger partial charge in [-0.3, -0.25) is 9.59 Å². The quantitative estimate of drug-likeness (QED) is 0.358. The number of nitrogens with one attached hydrogen (secondary N) is 1. The Bertz CT molecular complexity index is 1620. The van der Waals surface area contributed by atoms with Crippen LogP contribution in [0.3, 0.4) is 0 Å². The Balaban J connectivity index is 1.34. The number of ether oxygens (including phenoxy) is 2. The maximum atomic E-state index is 13.9. The summed E-state index contributed by atoms with van der Waals surface area (Å²) in [5.41, 5.74) is 4.20. The van der Waals surface area contributed by atoms with Crippen LogP contribution in [0.2, 0.25) is 0 Å². The number of nitrogens with zero attached hydrogens (tertiary/aromatic N) is 4. The van der Waals surface area contributed by atoms with Crippen LogP contribution in [0.1, 0.15) is 27.9 Å². The fourth-order valence-electron chi connectivity index (χ4n) is 5.34. The first-order chi connectivity index (χ1) is 20.0. The number of aryl methyl sites for hydroxylation is 2. The van der Waals surface area contributed by atoms with Gasteiger partial charge in [-0.25, -0.2) is 0 Å². The summed E-state index contributed by atoms with van der Waals surface area (Å²) in [4.78, 5) is 31.2. The Morgan fingerprint density at radius 3 is 2.44 bits per heavy atom. The molecule has 9 heteroatoms. The Morgan fingerprint density at radius 1 is 0.902 bits per heavy atom. The predicted molar refractivity (Wildman–Crippen MR) is 158 cm³/mol. The van der Waals surface area contributed by atoms with Gasteiger partial charge in [0.2, 0.25) is 0 Å². The van der Waals surface area contributed by atoms with Crippen molar-refractivity contribution < 1.29 is 14.3 Å². The number of carbonyl (C=O) groups excluding carboxylic acids is 1. The molecule has 1 aliphatic heterocycles. The first-order valence-electron chi connectivity index (χ1n) is 13.9. The highest BCUT2D eigenvalue weighted by Crippen LogP contribution is 2.32. The lowest BCUT2D eigenvalue weighted by atomic mass is 10.1. The van der Waals surface area contributed by atoms with E-state index in [1.165, 1.54) is 15.8 Å². The Morgan fingerprint density at radius 2 is 1.66 bits per heavy atom. The normalized spacial score (nSPS) is 14.9. The van der Waals surface area contributed by atoms with Crippen molar-refractivity contribution in [2.75, 3.05) is 45.7 Å². The van der Waals surface area contributed by atoms with Crippen LogP contribution in [0.15, 0.2) is 77.7 Å². The number of fused-ring (bicyclic) bond motifs is 1. The molecule has 0 saturated carbocycles. The van der Waals surface area contributed by atoms with Crippen molar-refractivity contribution in [3.63, 3.8) is 0 Å². The van der Waals surface area contributed by atoms with E-state index in [4.69, 9.17) is 9.47 Å². The van der Waals surface area contributed by atoms with Gasteiger partial charge in [0.25, 0.3) is 11.5 Å². The first-order valence-corrected chi connectivity index (χ1v) is 13.9. The minimum atomic E-state index is -0.385. The van der Waals surface area contributed by atoms with Crippen molar-refractivity contribution >= 4 is 17.3 Å². The third-order valence-electron chi connectivity index (χ3n) is 7.73. The highest BCUT2D eigenvalue weighted by atomic mass is 16.5. The second-order valence-electron chi connectivity index (χ2n) is 10.5. The zero-order valence-electron chi connectivity index (χ0n) is 23.3. The summed E-state index contributed by atoms with van der Waals surface area (Å²) in [5, 5.41) is 7.67. The van der Waals surface area contributed by atoms with E-state index in [1.807, 2.05) is 29.2 Å². The molecule has 4 aromatic rings. The molecular formula is C32H33N5O4. The highest BCUT2D eigenvalue weighted by molar-refractivity contribution is 5.95. The number of hydrogen-bond acceptors (Lipinski definition) is 7. The monoisotopic (exact) mass is 551 g/mol. The van der Waals surface area contributed by atoms with Gasteiger partial charge >= 0.3 is 0 Å². The smallest absolute Gasteiger partial charge is 0.299 e. The topological polar surface area (TPSA) is 88.9 Å². The highest BCUT2D eigenvalue weighted by Gasteiger charge is 2.22. The number of rotatable bonds is 7. The number of methoxy groups -OCH3 is 1. The zero-order valence-corrected chi connectivity index (χ0v) is 23.3. The van der Waals surface area contributed by atoms with E-state index in [0.717, 1.165) is 32.4 Å². The molecule has 1 aromatic heterocycles. The lowest BCUT2D eigenvalue weighted by Gasteiger charge is -2.32. The van der Waals surface area contributed by atoms with Gasteiger partial charge < -0.3 is 24.6 Å². The average molecular weight is 552 g/mol. The summed E-state index contributed by atoms with van der Waals surface area (Å²) in [7, 11) is 3.65. The van der Waals surface area contributed by atoms with Crippen molar-refractivity contribution in [2.24, 2.45) is 0 Å². The van der Waals surface area contributed by atoms with Crippen LogP contribution in [0.4, 0.5) is 11.4 Å². The Labute approximate surface area is 238 Å². The molecule has 0 unspecified atom stereocenters. The molecule has 0 bridgehead atoms. The number of benzene rings is 3. The lowest BCUT2D eigenvalue weighted by molar-refractivity contribution is 0.0664. The summed E-state index contributed by atoms with van der Waals surface area (Å²) < 4.78 is 12.8. The molecule has 210 valence electrons. The van der Waals surface area contributed by atoms with Crippen molar-refractivity contribution in [1.29, 1.82) is 0 Å². The number of piperazine rings is 1. The fourth-order valence-corrected chi connectivity index (χ4v) is 5.34. The molecule has 41 heavy (non-hydrogen) atoms. The van der Waals surface area contributed by atoms with Crippen molar-refractivity contribution in [1.82, 2.24) is 19.6 Å². The minimum Gasteiger partial charge on any atom is -0.497 e. The van der Waals surface area contributed by atoms with Gasteiger partial charge in [-0.1, -0.05) is 12.1 Å². The number of anilines is 2. The van der Waals surface area contributed by atoms with E-state index in [0.29, 0.717) is 47.3 Å². The number of carbonyl (C=O) groups is 1. The molecule has 6 rings (SSSR count). The van der Waals surface area contributed by atoms with Gasteiger partial charge in [-0.05, 0) is 92.0 Å². The van der Waals surface area contributed by atoms with E-state index in [2.05, 4.69) is 28.4 Å². The summed E-state index contributed by atoms with van der Waals surface area (Å²) in [5.74, 6) is 1.60. The van der Waals surface area contributed by atoms with Crippen LogP contribution < -0.4 is 20.3 Å². The molecule has 1 aliphatic carbocycles. The molecule has 0 atom stereocenters. The van der Waals surface area contributed by atoms with Gasteiger partial charge in [-0.2, -0.15) is 9.78 Å². The minimum absolute atomic E-state index is 0.0262. The van der Waals surface area contributed by atoms with Crippen LogP contribution in [-0.2, 0) is 12.8 Å². The van der Waals surface area contributed by atoms with Crippen LogP contribution in [0.25, 0.3) is 5.69 Å². The second kappa shape index (κ2) is 11.5. The lowest BCUT2D eigenvalue weighted by Crippen LogP contribution is -2.47. The largest absolute Gasteiger partial charge is 0.497 e. The molecule has 9 nitrogen and oxygen atoms in total. The molecule has 1 N–H and O–H groups in total. The van der Waals surface area contributed by atoms with Gasteiger partial charge in [0.1, 0.15) is 11.5 Å². The molecular weight excluding hydrogens is 518 g/mol. The molecule has 2 heterocycles. The molecule has 2 aliphatic rings. The van der Waals surface area contributed by atoms with E-state index >= 15 is 0 Å². The molecule has 1 amide bonds. The second-order valence-corrected chi connectivity index (χ2v) is 10.5. The van der Waals surface area contributed by atoms with Gasteiger partial charge in [0.05, 0.1) is 19.0 Å². The molecule has 0 radical (unpaired) electrons. The van der Waals surface area contributed by atoms with Crippen LogP contribution in [-0.4, -0.2) is 65.8 Å². The Hall–Kier alpha value is -4.63. The summed E-state index contributed by atoms with van der Waals surface area (Å²) >= 11 is 0. The number of hydrogen-bond donors (Lipinski definition) is 1. The van der Waals surface area contributed by atoms with E-state index in [1.54, 1.807) is 49.7 Å². The van der Waals surface area contributed by atoms with Crippen LogP contribution in [0, 0.1) is 0 Å². The van der Waals surface area contributed by atoms with Crippen molar-refractivity contribution in [2.45, 2.75) is 19.3 Å². The maximum absolute atomic E-state index is 13.9. The molecule has 1 fully saturated rings. The number of aromatic nitrogens is 2. The molecule has 1 saturated heterocycles. The van der Waals surface area contributed by atoms with E-state index in [9.17, 15) is 9.59 Å². The standard InChI is InChI=1S/C32H33N5O4/c1-35-15-17-36(18-16-35)31(38)24-7-4-8-25(19-24)34-30-29(41-28-12-9-22-5-3-6-23(22)20-28)21-33-37(32(30)39)26-10-13-27(40-2)14-11-26/h4,7-14,19-21,34H,3,5-6,15-18H2,1-2H3. The summed E-state index contributed by atoms with van der Waals surface area (Å²) in [6.07, 6.45) is 4.77. The van der Waals surface area contributed by atoms with Crippen LogP contribution >= 0.6 is 0 Å². The van der Waals surface area contributed by atoms with Crippen molar-refractivity contribution in [3.05, 3.63) is 100.0 Å². The Kier molecular flexibility index (Phi) is 7.43. The van der Waals surface area contributed by atoms with Gasteiger partial charge in [-0.15, -0.1) is 0 Å². The van der Waals surface area contributed by atoms with E-state index < -0.39 is 0 Å². The van der Waals surface area contributed by atoms with E-state index in [-0.39, 0.29) is 17.2 Å². The van der Waals surface area contributed by atoms with Crippen molar-refractivity contribution in [3.8, 4) is 22.9 Å².